The van der Waals surface area contributed by atoms with Crippen molar-refractivity contribution in [2.45, 2.75) is 26.2 Å². The molecule has 92 valence electrons. The van der Waals surface area contributed by atoms with Crippen LogP contribution in [0.15, 0.2) is 12.3 Å². The van der Waals surface area contributed by atoms with Gasteiger partial charge in [-0.15, -0.1) is 6.58 Å². The van der Waals surface area contributed by atoms with Crippen LogP contribution in [0.3, 0.4) is 0 Å². The van der Waals surface area contributed by atoms with Crippen molar-refractivity contribution in [2.24, 2.45) is 0 Å². The van der Waals surface area contributed by atoms with Gasteiger partial charge in [-0.05, 0) is 26.2 Å². The quantitative estimate of drug-likeness (QED) is 0.531. The summed E-state index contributed by atoms with van der Waals surface area (Å²) in [7, 11) is -6.82. The maximum atomic E-state index is 5.87. The van der Waals surface area contributed by atoms with Crippen molar-refractivity contribution in [1.29, 1.82) is 0 Å². The molecule has 1 aliphatic heterocycles. The van der Waals surface area contributed by atoms with E-state index in [0.29, 0.717) is 0 Å². The van der Waals surface area contributed by atoms with Gasteiger partial charge in [-0.2, -0.15) is 0 Å². The Labute approximate surface area is 112 Å². The number of hydrogen-bond acceptors (Lipinski definition) is 4. The first-order valence-corrected chi connectivity index (χ1v) is 13.4. The molecule has 15 heavy (non-hydrogen) atoms. The van der Waals surface area contributed by atoms with Gasteiger partial charge in [0.15, 0.2) is 0 Å². The van der Waals surface area contributed by atoms with Gasteiger partial charge in [0.2, 0.25) is 0 Å². The van der Waals surface area contributed by atoms with Crippen LogP contribution < -0.4 is 0 Å². The molecule has 0 aromatic carbocycles. The normalized spacial score (nSPS) is 42.3. The SMILES string of the molecule is C=C[Si]1(C)O[SiH](C)O[SiH](C)O[SiH](C)O1.[Pt]. The summed E-state index contributed by atoms with van der Waals surface area (Å²) in [6.45, 7) is 11.8. The predicted molar refractivity (Wildman–Crippen MR) is 65.2 cm³/mol. The molecule has 0 bridgehead atoms. The minimum absolute atomic E-state index is 0. The zero-order valence-electron chi connectivity index (χ0n) is 9.47. The molecule has 4 nitrogen and oxygen atoms in total. The van der Waals surface area contributed by atoms with Crippen LogP contribution in [0.25, 0.3) is 0 Å². The molecule has 1 saturated heterocycles. The predicted octanol–water partition coefficient (Wildman–Crippen LogP) is 0.412. The third-order valence-corrected chi connectivity index (χ3v) is 15.2. The summed E-state index contributed by atoms with van der Waals surface area (Å²) >= 11 is 0. The number of hydrogen-bond donors (Lipinski definition) is 0. The summed E-state index contributed by atoms with van der Waals surface area (Å²) in [5.74, 6) is 0. The first-order chi connectivity index (χ1) is 6.45. The van der Waals surface area contributed by atoms with Crippen molar-refractivity contribution < 1.29 is 37.5 Å². The maximum absolute atomic E-state index is 5.87. The molecule has 0 N–H and O–H groups in total. The van der Waals surface area contributed by atoms with Crippen LogP contribution in [0.2, 0.25) is 26.2 Å². The van der Waals surface area contributed by atoms with Crippen molar-refractivity contribution in [2.75, 3.05) is 0 Å². The van der Waals surface area contributed by atoms with Crippen LogP contribution in [0.5, 0.6) is 0 Å². The molecule has 0 aromatic rings. The fourth-order valence-electron chi connectivity index (χ4n) is 1.41. The zero-order valence-corrected chi connectivity index (χ0v) is 16.2. The van der Waals surface area contributed by atoms with Crippen LogP contribution >= 0.6 is 0 Å². The summed E-state index contributed by atoms with van der Waals surface area (Å²) in [5, 5.41) is 0. The zero-order chi connectivity index (χ0) is 10.8. The second-order valence-electron chi connectivity index (χ2n) is 3.43. The van der Waals surface area contributed by atoms with Crippen LogP contribution in [0.4, 0.5) is 0 Å². The summed E-state index contributed by atoms with van der Waals surface area (Å²) in [4.78, 5) is 0. The second kappa shape index (κ2) is 6.77. The Balaban J connectivity index is 0.00000196. The molecule has 2 unspecified atom stereocenters. The Hall–Kier alpha value is 1.14. The van der Waals surface area contributed by atoms with E-state index in [1.807, 2.05) is 31.9 Å². The monoisotopic (exact) mass is 461 g/mol. The van der Waals surface area contributed by atoms with E-state index in [1.54, 1.807) is 0 Å². The molecule has 0 radical (unpaired) electrons. The van der Waals surface area contributed by atoms with Crippen LogP contribution in [0.1, 0.15) is 0 Å². The standard InChI is InChI=1S/C6H18O4Si4.Pt/c1-6-14(5)9-12(3)7-11(2)8-13(4)10-14;/h6,11-13H,1H2,2-5H3;. The van der Waals surface area contributed by atoms with Gasteiger partial charge in [-0.3, -0.25) is 0 Å². The Morgan fingerprint density at radius 1 is 1.00 bits per heavy atom. The maximum Gasteiger partial charge on any atom is 0.343 e. The first kappa shape index (κ1) is 16.1. The van der Waals surface area contributed by atoms with Gasteiger partial charge in [-0.25, -0.2) is 0 Å². The minimum atomic E-state index is -2.19. The van der Waals surface area contributed by atoms with E-state index < -0.39 is 36.4 Å². The molecule has 2 atom stereocenters. The molecule has 1 fully saturated rings. The van der Waals surface area contributed by atoms with Crippen molar-refractivity contribution in [3.8, 4) is 0 Å². The fraction of sp³-hybridized carbons (Fsp3) is 0.667. The fourth-order valence-corrected chi connectivity index (χ4v) is 14.8. The van der Waals surface area contributed by atoms with Gasteiger partial charge in [0.05, 0.1) is 0 Å². The van der Waals surface area contributed by atoms with Crippen molar-refractivity contribution in [3.63, 3.8) is 0 Å². The third-order valence-electron chi connectivity index (χ3n) is 1.94. The third kappa shape index (κ3) is 5.33. The van der Waals surface area contributed by atoms with E-state index in [1.165, 1.54) is 0 Å². The topological polar surface area (TPSA) is 36.9 Å². The molecule has 0 aromatic heterocycles. The molecule has 1 heterocycles. The smallest absolute Gasteiger partial charge is 0.343 e. The molecule has 0 saturated carbocycles. The Morgan fingerprint density at radius 3 is 1.73 bits per heavy atom. The molecule has 0 spiro atoms. The molecular formula is C6H18O4PtSi4. The van der Waals surface area contributed by atoms with Crippen LogP contribution in [-0.2, 0) is 37.5 Å². The molecule has 9 heteroatoms. The average Bonchev–Trinajstić information content (AvgIpc) is 2.00. The van der Waals surface area contributed by atoms with Crippen LogP contribution in [-0.4, -0.2) is 36.4 Å². The Morgan fingerprint density at radius 2 is 1.40 bits per heavy atom. The summed E-state index contributed by atoms with van der Waals surface area (Å²) in [6, 6.07) is 0. The summed E-state index contributed by atoms with van der Waals surface area (Å²) in [5.41, 5.74) is 1.81. The van der Waals surface area contributed by atoms with Gasteiger partial charge in [0.25, 0.3) is 9.28 Å². The van der Waals surface area contributed by atoms with Gasteiger partial charge in [-0.1, -0.05) is 5.70 Å². The van der Waals surface area contributed by atoms with E-state index in [2.05, 4.69) is 6.58 Å². The Bertz CT molecular complexity index is 205. The molecular weight excluding hydrogens is 443 g/mol. The number of rotatable bonds is 1. The van der Waals surface area contributed by atoms with Crippen LogP contribution in [0, 0.1) is 0 Å². The second-order valence-corrected chi connectivity index (χ2v) is 13.3. The van der Waals surface area contributed by atoms with E-state index in [4.69, 9.17) is 16.5 Å². The summed E-state index contributed by atoms with van der Waals surface area (Å²) in [6.07, 6.45) is 0. The first-order valence-electron chi connectivity index (χ1n) is 4.75. The summed E-state index contributed by atoms with van der Waals surface area (Å²) < 4.78 is 23.2. The van der Waals surface area contributed by atoms with Gasteiger partial charge in [0, 0.05) is 21.1 Å². The molecule has 0 amide bonds. The molecule has 0 aliphatic carbocycles. The van der Waals surface area contributed by atoms with E-state index in [0.717, 1.165) is 0 Å². The minimum Gasteiger partial charge on any atom is -0.420 e. The molecule has 1 rings (SSSR count). The average molecular weight is 462 g/mol. The Kier molecular flexibility index (Phi) is 7.28. The molecule has 1 aliphatic rings. The van der Waals surface area contributed by atoms with Crippen molar-refractivity contribution in [3.05, 3.63) is 12.3 Å². The van der Waals surface area contributed by atoms with Crippen molar-refractivity contribution >= 4 is 36.4 Å². The van der Waals surface area contributed by atoms with Gasteiger partial charge in [0.1, 0.15) is 0 Å². The largest absolute Gasteiger partial charge is 0.420 e. The van der Waals surface area contributed by atoms with Gasteiger partial charge < -0.3 is 16.5 Å². The van der Waals surface area contributed by atoms with Crippen molar-refractivity contribution in [1.82, 2.24) is 0 Å². The van der Waals surface area contributed by atoms with E-state index >= 15 is 0 Å². The van der Waals surface area contributed by atoms with E-state index in [9.17, 15) is 0 Å². The van der Waals surface area contributed by atoms with E-state index in [-0.39, 0.29) is 21.1 Å². The van der Waals surface area contributed by atoms with Gasteiger partial charge >= 0.3 is 27.1 Å².